The van der Waals surface area contributed by atoms with Gasteiger partial charge in [-0.15, -0.1) is 29.7 Å². The maximum absolute atomic E-state index is 2.12. The Morgan fingerprint density at radius 3 is 2.25 bits per heavy atom. The van der Waals surface area contributed by atoms with Crippen molar-refractivity contribution >= 4 is 10.8 Å². The van der Waals surface area contributed by atoms with Gasteiger partial charge in [0, 0.05) is 18.6 Å². The number of hydrogen-bond acceptors (Lipinski definition) is 0. The van der Waals surface area contributed by atoms with Crippen molar-refractivity contribution in [3.05, 3.63) is 57.3 Å². The molecular weight excluding hydrogens is 183 g/mol. The molecule has 0 atom stereocenters. The fraction of sp³-hybridized carbons (Fsp3) is 0. The Bertz CT molecular complexity index is 279. The van der Waals surface area contributed by atoms with Gasteiger partial charge in [-0.25, -0.2) is 0 Å². The average molecular weight is 196 g/mol. The molecular formula is C11H13V-3. The van der Waals surface area contributed by atoms with Gasteiger partial charge in [0.15, 0.2) is 0 Å². The first-order valence-electron chi connectivity index (χ1n) is 3.07. The molecule has 0 saturated heterocycles. The van der Waals surface area contributed by atoms with Gasteiger partial charge in [0.05, 0.1) is 0 Å². The van der Waals surface area contributed by atoms with Crippen molar-refractivity contribution < 1.29 is 18.6 Å². The van der Waals surface area contributed by atoms with Crippen LogP contribution in [0.2, 0.25) is 0 Å². The Balaban J connectivity index is 0. The molecule has 0 saturated carbocycles. The first-order chi connectivity index (χ1) is 4.47. The van der Waals surface area contributed by atoms with E-state index in [9.17, 15) is 0 Å². The zero-order valence-electron chi connectivity index (χ0n) is 7.49. The summed E-state index contributed by atoms with van der Waals surface area (Å²) >= 11 is 0. The fourth-order valence-electron chi connectivity index (χ4n) is 1.07. The first-order valence-corrected chi connectivity index (χ1v) is 3.07. The van der Waals surface area contributed by atoms with E-state index in [1.54, 1.807) is 0 Å². The van der Waals surface area contributed by atoms with Crippen molar-refractivity contribution in [2.24, 2.45) is 0 Å². The van der Waals surface area contributed by atoms with Crippen LogP contribution in [-0.4, -0.2) is 0 Å². The number of rotatable bonds is 0. The molecule has 0 heterocycles. The van der Waals surface area contributed by atoms with Crippen molar-refractivity contribution in [1.29, 1.82) is 0 Å². The molecule has 0 aliphatic heterocycles. The van der Waals surface area contributed by atoms with Gasteiger partial charge in [0.25, 0.3) is 0 Å². The van der Waals surface area contributed by atoms with Crippen LogP contribution in [0.3, 0.4) is 0 Å². The average Bonchev–Trinajstić information content (AvgIpc) is 2.33. The molecule has 0 aliphatic rings. The summed E-state index contributed by atoms with van der Waals surface area (Å²) in [5.74, 6) is 0. The summed E-state index contributed by atoms with van der Waals surface area (Å²) in [6.45, 7) is 0. The Hall–Kier alpha value is -0.586. The van der Waals surface area contributed by atoms with E-state index >= 15 is 0 Å². The molecule has 65 valence electrons. The summed E-state index contributed by atoms with van der Waals surface area (Å²) in [4.78, 5) is 0. The SMILES string of the molecule is [CH3-].[CH3-].[V].c1ccc2[cH-]ccc2c1. The predicted octanol–water partition coefficient (Wildman–Crippen LogP) is 3.46. The summed E-state index contributed by atoms with van der Waals surface area (Å²) in [6.07, 6.45) is 0. The van der Waals surface area contributed by atoms with Crippen molar-refractivity contribution in [3.63, 3.8) is 0 Å². The van der Waals surface area contributed by atoms with E-state index in [2.05, 4.69) is 42.5 Å². The normalized spacial score (nSPS) is 7.67. The van der Waals surface area contributed by atoms with E-state index in [0.717, 1.165) is 0 Å². The van der Waals surface area contributed by atoms with Gasteiger partial charge in [-0.2, -0.15) is 17.5 Å². The minimum atomic E-state index is 0. The molecule has 0 unspecified atom stereocenters. The molecule has 0 aliphatic carbocycles. The fourth-order valence-corrected chi connectivity index (χ4v) is 1.07. The van der Waals surface area contributed by atoms with E-state index in [-0.39, 0.29) is 33.4 Å². The molecule has 0 fully saturated rings. The third-order valence-electron chi connectivity index (χ3n) is 1.55. The van der Waals surface area contributed by atoms with Crippen LogP contribution in [0.5, 0.6) is 0 Å². The molecule has 0 aromatic heterocycles. The third kappa shape index (κ3) is 2.47. The Labute approximate surface area is 86.9 Å². The van der Waals surface area contributed by atoms with Crippen LogP contribution in [0.15, 0.2) is 42.5 Å². The van der Waals surface area contributed by atoms with Gasteiger partial charge in [-0.3, -0.25) is 0 Å². The quantitative estimate of drug-likeness (QED) is 0.566. The van der Waals surface area contributed by atoms with Gasteiger partial charge in [-0.05, 0) is 0 Å². The topological polar surface area (TPSA) is 0 Å². The van der Waals surface area contributed by atoms with Crippen LogP contribution in [0.1, 0.15) is 0 Å². The molecule has 0 nitrogen and oxygen atoms in total. The number of hydrogen-bond donors (Lipinski definition) is 0. The zero-order chi connectivity index (χ0) is 6.10. The number of benzene rings is 1. The Morgan fingerprint density at radius 2 is 1.58 bits per heavy atom. The van der Waals surface area contributed by atoms with Crippen molar-refractivity contribution in [1.82, 2.24) is 0 Å². The second-order valence-corrected chi connectivity index (χ2v) is 2.15. The maximum atomic E-state index is 2.12. The molecule has 2 aromatic rings. The molecule has 1 radical (unpaired) electrons. The van der Waals surface area contributed by atoms with E-state index in [4.69, 9.17) is 0 Å². The van der Waals surface area contributed by atoms with E-state index < -0.39 is 0 Å². The van der Waals surface area contributed by atoms with Gasteiger partial charge in [0.1, 0.15) is 0 Å². The molecule has 12 heavy (non-hydrogen) atoms. The summed E-state index contributed by atoms with van der Waals surface area (Å²) in [5.41, 5.74) is 0. The molecule has 0 bridgehead atoms. The maximum Gasteiger partial charge on any atom is 0 e. The van der Waals surface area contributed by atoms with Crippen molar-refractivity contribution in [2.45, 2.75) is 0 Å². The molecule has 2 rings (SSSR count). The minimum Gasteiger partial charge on any atom is -0.358 e. The zero-order valence-corrected chi connectivity index (χ0v) is 8.89. The van der Waals surface area contributed by atoms with Gasteiger partial charge in [-0.1, -0.05) is 6.07 Å². The van der Waals surface area contributed by atoms with Gasteiger partial charge in [0.2, 0.25) is 0 Å². The summed E-state index contributed by atoms with van der Waals surface area (Å²) in [6, 6.07) is 14.7. The number of fused-ring (bicyclic) bond motifs is 1. The largest absolute Gasteiger partial charge is 0.358 e. The molecule has 1 heteroatoms. The van der Waals surface area contributed by atoms with Crippen molar-refractivity contribution in [2.75, 3.05) is 0 Å². The third-order valence-corrected chi connectivity index (χ3v) is 1.55. The monoisotopic (exact) mass is 196 g/mol. The van der Waals surface area contributed by atoms with Crippen LogP contribution in [0.25, 0.3) is 10.8 Å². The summed E-state index contributed by atoms with van der Waals surface area (Å²) in [7, 11) is 0. The summed E-state index contributed by atoms with van der Waals surface area (Å²) < 4.78 is 0. The predicted molar refractivity (Wildman–Crippen MR) is 52.4 cm³/mol. The molecule has 0 amide bonds. The van der Waals surface area contributed by atoms with E-state index in [1.807, 2.05) is 0 Å². The van der Waals surface area contributed by atoms with E-state index in [1.165, 1.54) is 10.8 Å². The van der Waals surface area contributed by atoms with Crippen LogP contribution >= 0.6 is 0 Å². The van der Waals surface area contributed by atoms with E-state index in [0.29, 0.717) is 0 Å². The Morgan fingerprint density at radius 1 is 0.917 bits per heavy atom. The van der Waals surface area contributed by atoms with Crippen LogP contribution in [0.4, 0.5) is 0 Å². The molecule has 0 spiro atoms. The minimum absolute atomic E-state index is 0. The second kappa shape index (κ2) is 5.99. The smallest absolute Gasteiger partial charge is 0 e. The van der Waals surface area contributed by atoms with Crippen LogP contribution in [0, 0.1) is 14.9 Å². The Kier molecular flexibility index (Phi) is 6.97. The summed E-state index contributed by atoms with van der Waals surface area (Å²) in [5, 5.41) is 2.66. The molecule has 0 N–H and O–H groups in total. The van der Waals surface area contributed by atoms with Crippen LogP contribution < -0.4 is 0 Å². The van der Waals surface area contributed by atoms with Gasteiger partial charge >= 0.3 is 0 Å². The second-order valence-electron chi connectivity index (χ2n) is 2.15. The standard InChI is InChI=1S/C9H7.2CH3.V/c1-2-5-9-7-3-6-8(9)4-1;;;/h1-7H;2*1H3;/q3*-1;. The van der Waals surface area contributed by atoms with Crippen molar-refractivity contribution in [3.8, 4) is 0 Å². The van der Waals surface area contributed by atoms with Gasteiger partial charge < -0.3 is 14.9 Å². The van der Waals surface area contributed by atoms with Crippen LogP contribution in [-0.2, 0) is 18.6 Å². The molecule has 2 aromatic carbocycles. The first kappa shape index (κ1) is 14.0.